The van der Waals surface area contributed by atoms with E-state index >= 15 is 0 Å². The third kappa shape index (κ3) is 25.6. The normalized spacial score (nSPS) is 12.0. The van der Waals surface area contributed by atoms with Crippen molar-refractivity contribution in [3.8, 4) is 11.8 Å². The largest absolute Gasteiger partial charge is 0.103 e. The molecule has 0 heterocycles. The quantitative estimate of drug-likeness (QED) is 0.114. The van der Waals surface area contributed by atoms with Crippen molar-refractivity contribution in [2.24, 2.45) is 5.92 Å². The van der Waals surface area contributed by atoms with Crippen molar-refractivity contribution in [1.29, 1.82) is 0 Å². The van der Waals surface area contributed by atoms with Gasteiger partial charge in [0, 0.05) is 12.8 Å². The fraction of sp³-hybridized carbons (Fsp3) is 0.933. The number of hydrogen-bond donors (Lipinski definition) is 0. The van der Waals surface area contributed by atoms with Crippen LogP contribution in [0.1, 0.15) is 175 Å². The molecule has 0 aliphatic heterocycles. The second-order valence-electron chi connectivity index (χ2n) is 9.90. The maximum Gasteiger partial charge on any atom is 0.00886 e. The average molecular weight is 419 g/mol. The number of hydrogen-bond acceptors (Lipinski definition) is 0. The Kier molecular flexibility index (Phi) is 26.2. The summed E-state index contributed by atoms with van der Waals surface area (Å²) in [6.07, 6.45) is 33.6. The summed E-state index contributed by atoms with van der Waals surface area (Å²) in [5, 5.41) is 0. The van der Waals surface area contributed by atoms with Crippen LogP contribution >= 0.6 is 0 Å². The molecule has 0 rings (SSSR count). The van der Waals surface area contributed by atoms with E-state index in [4.69, 9.17) is 0 Å². The zero-order valence-corrected chi connectivity index (χ0v) is 21.5. The van der Waals surface area contributed by atoms with Gasteiger partial charge in [0.25, 0.3) is 0 Å². The van der Waals surface area contributed by atoms with Gasteiger partial charge in [-0.05, 0) is 18.8 Å². The molecule has 1 atom stereocenters. The van der Waals surface area contributed by atoms with Crippen LogP contribution in [0.4, 0.5) is 0 Å². The van der Waals surface area contributed by atoms with E-state index in [1.165, 1.54) is 141 Å². The highest BCUT2D eigenvalue weighted by Crippen LogP contribution is 2.17. The summed E-state index contributed by atoms with van der Waals surface area (Å²) in [7, 11) is 0. The van der Waals surface area contributed by atoms with E-state index in [1.807, 2.05) is 0 Å². The first-order chi connectivity index (χ1) is 14.8. The van der Waals surface area contributed by atoms with Gasteiger partial charge < -0.3 is 0 Å². The summed E-state index contributed by atoms with van der Waals surface area (Å²) in [5.41, 5.74) is 0. The summed E-state index contributed by atoms with van der Waals surface area (Å²) in [5.74, 6) is 7.72. The molecule has 30 heavy (non-hydrogen) atoms. The van der Waals surface area contributed by atoms with Gasteiger partial charge in [0.2, 0.25) is 0 Å². The predicted octanol–water partition coefficient (Wildman–Crippen LogP) is 11.0. The van der Waals surface area contributed by atoms with Gasteiger partial charge in [-0.2, -0.15) is 0 Å². The molecule has 1 unspecified atom stereocenters. The first kappa shape index (κ1) is 29.6. The zero-order chi connectivity index (χ0) is 22.0. The summed E-state index contributed by atoms with van der Waals surface area (Å²) < 4.78 is 0. The Morgan fingerprint density at radius 3 is 1.17 bits per heavy atom. The molecule has 0 amide bonds. The predicted molar refractivity (Wildman–Crippen MR) is 139 cm³/mol. The van der Waals surface area contributed by atoms with Crippen molar-refractivity contribution in [2.75, 3.05) is 0 Å². The highest BCUT2D eigenvalue weighted by atomic mass is 14.1. The fourth-order valence-corrected chi connectivity index (χ4v) is 4.34. The van der Waals surface area contributed by atoms with Gasteiger partial charge in [0.1, 0.15) is 0 Å². The summed E-state index contributed by atoms with van der Waals surface area (Å²) in [6.45, 7) is 7.03. The molecule has 0 fully saturated rings. The van der Waals surface area contributed by atoms with Gasteiger partial charge >= 0.3 is 0 Å². The van der Waals surface area contributed by atoms with Gasteiger partial charge in [-0.3, -0.25) is 0 Å². The smallest absolute Gasteiger partial charge is 0.00886 e. The molecule has 0 saturated carbocycles. The van der Waals surface area contributed by atoms with Crippen molar-refractivity contribution in [1.82, 2.24) is 0 Å². The van der Waals surface area contributed by atoms with Gasteiger partial charge in [-0.1, -0.05) is 149 Å². The molecule has 0 aliphatic rings. The summed E-state index contributed by atoms with van der Waals surface area (Å²) in [6, 6.07) is 0. The Balaban J connectivity index is 3.11. The van der Waals surface area contributed by atoms with Crippen LogP contribution in [0.15, 0.2) is 0 Å². The van der Waals surface area contributed by atoms with Crippen LogP contribution < -0.4 is 0 Å². The molecule has 0 bridgehead atoms. The molecule has 0 aromatic rings. The van der Waals surface area contributed by atoms with E-state index in [9.17, 15) is 0 Å². The molecule has 0 spiro atoms. The highest BCUT2D eigenvalue weighted by Gasteiger charge is 2.01. The van der Waals surface area contributed by atoms with E-state index < -0.39 is 0 Å². The van der Waals surface area contributed by atoms with Crippen molar-refractivity contribution in [3.05, 3.63) is 0 Å². The standard InChI is InChI=1S/C30H58/c1-4-6-8-9-10-11-12-13-14-15-16-17-18-19-20-21-22-23-24-25-26-27-29-30(3)28-7-5-2/h30H,4-11,14-29H2,1-3H3. The lowest BCUT2D eigenvalue weighted by Crippen LogP contribution is -1.94. The lowest BCUT2D eigenvalue weighted by atomic mass is 9.97. The van der Waals surface area contributed by atoms with Crippen LogP contribution in [-0.4, -0.2) is 0 Å². The SMILES string of the molecule is CCCCCCCC#CCCCCCCCCCCCCCCCC(C)CCCC. The molecule has 0 heteroatoms. The maximum atomic E-state index is 3.38. The van der Waals surface area contributed by atoms with E-state index in [1.54, 1.807) is 0 Å². The van der Waals surface area contributed by atoms with Crippen molar-refractivity contribution in [2.45, 2.75) is 175 Å². The molecule has 0 radical (unpaired) electrons. The minimum absolute atomic E-state index is 0.961. The average Bonchev–Trinajstić information content (AvgIpc) is 2.75. The molecule has 0 saturated heterocycles. The van der Waals surface area contributed by atoms with Gasteiger partial charge in [-0.25, -0.2) is 0 Å². The monoisotopic (exact) mass is 418 g/mol. The van der Waals surface area contributed by atoms with Crippen molar-refractivity contribution < 1.29 is 0 Å². The van der Waals surface area contributed by atoms with Gasteiger partial charge in [-0.15, -0.1) is 11.8 Å². The van der Waals surface area contributed by atoms with E-state index in [0.717, 1.165) is 18.8 Å². The third-order valence-corrected chi connectivity index (χ3v) is 6.58. The van der Waals surface area contributed by atoms with Crippen molar-refractivity contribution >= 4 is 0 Å². The molecule has 0 nitrogen and oxygen atoms in total. The van der Waals surface area contributed by atoms with Crippen LogP contribution in [0.25, 0.3) is 0 Å². The Hall–Kier alpha value is -0.440. The molecule has 0 aromatic heterocycles. The van der Waals surface area contributed by atoms with Crippen LogP contribution in [0, 0.1) is 17.8 Å². The number of rotatable bonds is 23. The zero-order valence-electron chi connectivity index (χ0n) is 21.5. The molecular weight excluding hydrogens is 360 g/mol. The Bertz CT molecular complexity index is 358. The summed E-state index contributed by atoms with van der Waals surface area (Å²) in [4.78, 5) is 0. The molecule has 178 valence electrons. The minimum Gasteiger partial charge on any atom is -0.103 e. The van der Waals surface area contributed by atoms with Crippen LogP contribution in [0.2, 0.25) is 0 Å². The molecular formula is C30H58. The topological polar surface area (TPSA) is 0 Å². The molecule has 0 aliphatic carbocycles. The highest BCUT2D eigenvalue weighted by molar-refractivity contribution is 4.98. The van der Waals surface area contributed by atoms with E-state index in [2.05, 4.69) is 32.6 Å². The van der Waals surface area contributed by atoms with Crippen LogP contribution in [0.5, 0.6) is 0 Å². The van der Waals surface area contributed by atoms with Gasteiger partial charge in [0.15, 0.2) is 0 Å². The van der Waals surface area contributed by atoms with Gasteiger partial charge in [0.05, 0.1) is 0 Å². The van der Waals surface area contributed by atoms with Crippen LogP contribution in [0.3, 0.4) is 0 Å². The minimum atomic E-state index is 0.961. The Morgan fingerprint density at radius 2 is 0.733 bits per heavy atom. The lowest BCUT2D eigenvalue weighted by molar-refractivity contribution is 0.440. The van der Waals surface area contributed by atoms with Crippen molar-refractivity contribution in [3.63, 3.8) is 0 Å². The first-order valence-electron chi connectivity index (χ1n) is 14.3. The lowest BCUT2D eigenvalue weighted by Gasteiger charge is -2.10. The second-order valence-corrected chi connectivity index (χ2v) is 9.90. The first-order valence-corrected chi connectivity index (χ1v) is 14.3. The van der Waals surface area contributed by atoms with E-state index in [0.29, 0.717) is 0 Å². The Morgan fingerprint density at radius 1 is 0.400 bits per heavy atom. The summed E-state index contributed by atoms with van der Waals surface area (Å²) >= 11 is 0. The third-order valence-electron chi connectivity index (χ3n) is 6.58. The second kappa shape index (κ2) is 26.6. The van der Waals surface area contributed by atoms with E-state index in [-0.39, 0.29) is 0 Å². The molecule has 0 aromatic carbocycles. The Labute approximate surface area is 192 Å². The maximum absolute atomic E-state index is 3.38. The fourth-order valence-electron chi connectivity index (χ4n) is 4.34. The van der Waals surface area contributed by atoms with Crippen LogP contribution in [-0.2, 0) is 0 Å². The molecule has 0 N–H and O–H groups in total. The number of unbranched alkanes of at least 4 members (excludes halogenated alkanes) is 19.